The normalized spacial score (nSPS) is 18.3. The molecular formula is C11H13NO. The van der Waals surface area contributed by atoms with Crippen LogP contribution in [0.5, 0.6) is 0 Å². The van der Waals surface area contributed by atoms with Crippen LogP contribution in [-0.2, 0) is 10.2 Å². The van der Waals surface area contributed by atoms with Gasteiger partial charge >= 0.3 is 0 Å². The number of hydrogen-bond acceptors (Lipinski definition) is 2. The van der Waals surface area contributed by atoms with E-state index < -0.39 is 0 Å². The SMILES string of the molecule is CC(=O)C1(c2cncc(C)c2)CC1. The molecule has 0 saturated heterocycles. The summed E-state index contributed by atoms with van der Waals surface area (Å²) in [4.78, 5) is 15.5. The van der Waals surface area contributed by atoms with Gasteiger partial charge in [0.25, 0.3) is 0 Å². The van der Waals surface area contributed by atoms with E-state index in [1.807, 2.05) is 19.3 Å². The molecule has 2 heteroatoms. The number of carbonyl (C=O) groups is 1. The zero-order chi connectivity index (χ0) is 9.47. The van der Waals surface area contributed by atoms with E-state index in [-0.39, 0.29) is 11.2 Å². The lowest BCUT2D eigenvalue weighted by atomic mass is 9.93. The second-order valence-corrected chi connectivity index (χ2v) is 3.89. The minimum absolute atomic E-state index is 0.168. The van der Waals surface area contributed by atoms with E-state index in [9.17, 15) is 4.79 Å². The van der Waals surface area contributed by atoms with Crippen LogP contribution in [0.4, 0.5) is 0 Å². The summed E-state index contributed by atoms with van der Waals surface area (Å²) in [5, 5.41) is 0. The van der Waals surface area contributed by atoms with E-state index in [1.165, 1.54) is 0 Å². The fourth-order valence-electron chi connectivity index (χ4n) is 1.79. The van der Waals surface area contributed by atoms with Crippen molar-refractivity contribution in [2.45, 2.75) is 32.1 Å². The van der Waals surface area contributed by atoms with Crippen molar-refractivity contribution >= 4 is 5.78 Å². The third kappa shape index (κ3) is 1.26. The standard InChI is InChI=1S/C11H13NO/c1-8-5-10(7-12-6-8)11(3-4-11)9(2)13/h5-7H,3-4H2,1-2H3. The van der Waals surface area contributed by atoms with Crippen LogP contribution in [0.1, 0.15) is 30.9 Å². The molecule has 1 aromatic heterocycles. The van der Waals surface area contributed by atoms with Crippen molar-refractivity contribution in [1.29, 1.82) is 0 Å². The zero-order valence-electron chi connectivity index (χ0n) is 8.00. The predicted molar refractivity (Wildman–Crippen MR) is 50.6 cm³/mol. The van der Waals surface area contributed by atoms with Gasteiger partial charge in [0.15, 0.2) is 0 Å². The summed E-state index contributed by atoms with van der Waals surface area (Å²) in [5.74, 6) is 0.278. The molecule has 1 saturated carbocycles. The number of aromatic nitrogens is 1. The third-order valence-electron chi connectivity index (χ3n) is 2.85. The Hall–Kier alpha value is -1.18. The van der Waals surface area contributed by atoms with Gasteiger partial charge in [0.05, 0.1) is 5.41 Å². The summed E-state index contributed by atoms with van der Waals surface area (Å²) in [5.41, 5.74) is 2.06. The van der Waals surface area contributed by atoms with Gasteiger partial charge in [-0.05, 0) is 37.8 Å². The van der Waals surface area contributed by atoms with E-state index >= 15 is 0 Å². The second-order valence-electron chi connectivity index (χ2n) is 3.89. The van der Waals surface area contributed by atoms with Crippen LogP contribution >= 0.6 is 0 Å². The molecular weight excluding hydrogens is 162 g/mol. The molecule has 1 aromatic rings. The quantitative estimate of drug-likeness (QED) is 0.688. The van der Waals surface area contributed by atoms with Crippen LogP contribution in [0.2, 0.25) is 0 Å². The lowest BCUT2D eigenvalue weighted by molar-refractivity contribution is -0.119. The maximum absolute atomic E-state index is 11.4. The van der Waals surface area contributed by atoms with Crippen LogP contribution in [0, 0.1) is 6.92 Å². The van der Waals surface area contributed by atoms with Crippen LogP contribution in [0.25, 0.3) is 0 Å². The molecule has 13 heavy (non-hydrogen) atoms. The van der Waals surface area contributed by atoms with E-state index in [4.69, 9.17) is 0 Å². The average molecular weight is 175 g/mol. The lowest BCUT2D eigenvalue weighted by Crippen LogP contribution is -2.17. The van der Waals surface area contributed by atoms with Crippen LogP contribution < -0.4 is 0 Å². The molecule has 0 N–H and O–H groups in total. The molecule has 2 rings (SSSR count). The summed E-state index contributed by atoms with van der Waals surface area (Å²) < 4.78 is 0. The number of nitrogens with zero attached hydrogens (tertiary/aromatic N) is 1. The molecule has 0 aliphatic heterocycles. The monoisotopic (exact) mass is 175 g/mol. The Labute approximate surface area is 78.0 Å². The molecule has 1 heterocycles. The number of ketones is 1. The van der Waals surface area contributed by atoms with Crippen molar-refractivity contribution in [3.63, 3.8) is 0 Å². The summed E-state index contributed by atoms with van der Waals surface area (Å²) in [6.07, 6.45) is 5.63. The van der Waals surface area contributed by atoms with Gasteiger partial charge in [-0.1, -0.05) is 6.07 Å². The van der Waals surface area contributed by atoms with Gasteiger partial charge in [-0.25, -0.2) is 0 Å². The molecule has 0 spiro atoms. The lowest BCUT2D eigenvalue weighted by Gasteiger charge is -2.11. The highest BCUT2D eigenvalue weighted by Gasteiger charge is 2.48. The maximum atomic E-state index is 11.4. The number of carbonyl (C=O) groups excluding carboxylic acids is 1. The van der Waals surface area contributed by atoms with Crippen LogP contribution in [0.15, 0.2) is 18.5 Å². The molecule has 0 bridgehead atoms. The van der Waals surface area contributed by atoms with Gasteiger partial charge in [0.2, 0.25) is 0 Å². The molecule has 0 aromatic carbocycles. The van der Waals surface area contributed by atoms with Crippen LogP contribution in [-0.4, -0.2) is 10.8 Å². The smallest absolute Gasteiger partial charge is 0.140 e. The predicted octanol–water partition coefficient (Wildman–Crippen LogP) is 2.01. The first kappa shape index (κ1) is 8.42. The molecule has 2 nitrogen and oxygen atoms in total. The maximum Gasteiger partial charge on any atom is 0.140 e. The van der Waals surface area contributed by atoms with Gasteiger partial charge in [0, 0.05) is 12.4 Å². The molecule has 68 valence electrons. The fourth-order valence-corrected chi connectivity index (χ4v) is 1.79. The summed E-state index contributed by atoms with van der Waals surface area (Å²) in [6, 6.07) is 2.07. The fraction of sp³-hybridized carbons (Fsp3) is 0.455. The molecule has 0 atom stereocenters. The number of Topliss-reactive ketones (excluding diaryl/α,β-unsaturated/α-hetero) is 1. The summed E-state index contributed by atoms with van der Waals surface area (Å²) in [6.45, 7) is 3.68. The third-order valence-corrected chi connectivity index (χ3v) is 2.85. The number of aryl methyl sites for hydroxylation is 1. The van der Waals surface area contributed by atoms with Crippen molar-refractivity contribution in [3.8, 4) is 0 Å². The molecule has 0 amide bonds. The number of hydrogen-bond donors (Lipinski definition) is 0. The van der Waals surface area contributed by atoms with E-state index in [1.54, 1.807) is 6.92 Å². The highest BCUT2D eigenvalue weighted by molar-refractivity contribution is 5.91. The van der Waals surface area contributed by atoms with Gasteiger partial charge in [-0.2, -0.15) is 0 Å². The number of rotatable bonds is 2. The summed E-state index contributed by atoms with van der Waals surface area (Å²) >= 11 is 0. The van der Waals surface area contributed by atoms with Gasteiger partial charge in [0.1, 0.15) is 5.78 Å². The first-order chi connectivity index (χ1) is 6.15. The Balaban J connectivity index is 2.41. The van der Waals surface area contributed by atoms with Crippen molar-refractivity contribution in [1.82, 2.24) is 4.98 Å². The number of pyridine rings is 1. The molecule has 1 aliphatic carbocycles. The second kappa shape index (κ2) is 2.66. The topological polar surface area (TPSA) is 30.0 Å². The highest BCUT2D eigenvalue weighted by Crippen LogP contribution is 2.48. The van der Waals surface area contributed by atoms with Gasteiger partial charge in [-0.3, -0.25) is 9.78 Å². The largest absolute Gasteiger partial charge is 0.299 e. The van der Waals surface area contributed by atoms with Crippen molar-refractivity contribution in [2.75, 3.05) is 0 Å². The van der Waals surface area contributed by atoms with Crippen LogP contribution in [0.3, 0.4) is 0 Å². The van der Waals surface area contributed by atoms with Crippen molar-refractivity contribution in [3.05, 3.63) is 29.6 Å². The van der Waals surface area contributed by atoms with Crippen molar-refractivity contribution < 1.29 is 4.79 Å². The minimum Gasteiger partial charge on any atom is -0.299 e. The molecule has 0 radical (unpaired) electrons. The first-order valence-corrected chi connectivity index (χ1v) is 4.58. The summed E-state index contributed by atoms with van der Waals surface area (Å²) in [7, 11) is 0. The minimum atomic E-state index is -0.168. The first-order valence-electron chi connectivity index (χ1n) is 4.58. The Bertz CT molecular complexity index is 353. The highest BCUT2D eigenvalue weighted by atomic mass is 16.1. The Morgan fingerprint density at radius 2 is 2.15 bits per heavy atom. The van der Waals surface area contributed by atoms with Gasteiger partial charge < -0.3 is 0 Å². The molecule has 1 fully saturated rings. The van der Waals surface area contributed by atoms with E-state index in [0.717, 1.165) is 24.0 Å². The molecule has 1 aliphatic rings. The molecule has 0 unspecified atom stereocenters. The Morgan fingerprint density at radius 1 is 1.46 bits per heavy atom. The Kier molecular flexibility index (Phi) is 1.72. The zero-order valence-corrected chi connectivity index (χ0v) is 8.00. The average Bonchev–Trinajstić information content (AvgIpc) is 2.83. The van der Waals surface area contributed by atoms with E-state index in [2.05, 4.69) is 11.1 Å². The Morgan fingerprint density at radius 3 is 2.62 bits per heavy atom. The van der Waals surface area contributed by atoms with Gasteiger partial charge in [-0.15, -0.1) is 0 Å². The van der Waals surface area contributed by atoms with Crippen molar-refractivity contribution in [2.24, 2.45) is 0 Å². The van der Waals surface area contributed by atoms with E-state index in [0.29, 0.717) is 0 Å².